The van der Waals surface area contributed by atoms with Crippen LogP contribution in [0, 0.1) is 5.92 Å². The molecule has 118 valence electrons. The highest BCUT2D eigenvalue weighted by Crippen LogP contribution is 2.20. The zero-order valence-electron chi connectivity index (χ0n) is 13.7. The number of rotatable bonds is 6. The van der Waals surface area contributed by atoms with Crippen molar-refractivity contribution < 1.29 is 0 Å². The minimum absolute atomic E-state index is 0.841. The maximum Gasteiger partial charge on any atom is 0.0108 e. The molecule has 2 rings (SSSR count). The van der Waals surface area contributed by atoms with E-state index in [2.05, 4.69) is 29.0 Å². The van der Waals surface area contributed by atoms with Crippen LogP contribution in [0.15, 0.2) is 0 Å². The number of nitrogens with zero attached hydrogens (tertiary/aromatic N) is 2. The molecule has 0 radical (unpaired) electrons. The van der Waals surface area contributed by atoms with Crippen LogP contribution >= 0.6 is 0 Å². The molecule has 2 unspecified atom stereocenters. The molecule has 2 saturated heterocycles. The molecule has 3 heteroatoms. The molecule has 1 N–H and O–H groups in total. The molecule has 20 heavy (non-hydrogen) atoms. The number of likely N-dealkylation sites (tertiary alicyclic amines) is 1. The molecule has 3 nitrogen and oxygen atoms in total. The van der Waals surface area contributed by atoms with E-state index in [-0.39, 0.29) is 0 Å². The van der Waals surface area contributed by atoms with Crippen molar-refractivity contribution in [3.05, 3.63) is 0 Å². The fraction of sp³-hybridized carbons (Fsp3) is 1.00. The van der Waals surface area contributed by atoms with E-state index in [0.717, 1.165) is 12.0 Å². The second-order valence-electron chi connectivity index (χ2n) is 6.73. The van der Waals surface area contributed by atoms with E-state index in [9.17, 15) is 0 Å². The van der Waals surface area contributed by atoms with E-state index >= 15 is 0 Å². The molecule has 0 amide bonds. The summed E-state index contributed by atoms with van der Waals surface area (Å²) in [5.74, 6) is 0.890. The Balaban J connectivity index is 1.85. The fourth-order valence-electron chi connectivity index (χ4n) is 3.94. The highest BCUT2D eigenvalue weighted by atomic mass is 15.2. The number of hydrogen-bond acceptors (Lipinski definition) is 3. The minimum Gasteiger partial charge on any atom is -0.316 e. The van der Waals surface area contributed by atoms with Gasteiger partial charge in [0.2, 0.25) is 0 Å². The zero-order chi connectivity index (χ0) is 14.2. The van der Waals surface area contributed by atoms with Gasteiger partial charge in [0.1, 0.15) is 0 Å². The van der Waals surface area contributed by atoms with Gasteiger partial charge in [-0.2, -0.15) is 0 Å². The summed E-state index contributed by atoms with van der Waals surface area (Å²) in [4.78, 5) is 5.46. The summed E-state index contributed by atoms with van der Waals surface area (Å²) in [6, 6.07) is 0.841. The Hall–Kier alpha value is -0.120. The lowest BCUT2D eigenvalue weighted by molar-refractivity contribution is 0.140. The van der Waals surface area contributed by atoms with E-state index < -0.39 is 0 Å². The first-order chi connectivity index (χ1) is 9.83. The zero-order valence-corrected chi connectivity index (χ0v) is 13.7. The number of piperidine rings is 1. The minimum atomic E-state index is 0.841. The molecule has 0 aromatic carbocycles. The van der Waals surface area contributed by atoms with Crippen LogP contribution in [-0.4, -0.2) is 61.7 Å². The Morgan fingerprint density at radius 1 is 1.10 bits per heavy atom. The molecule has 2 fully saturated rings. The molecule has 0 spiro atoms. The van der Waals surface area contributed by atoms with Gasteiger partial charge in [0.05, 0.1) is 0 Å². The topological polar surface area (TPSA) is 18.5 Å². The van der Waals surface area contributed by atoms with Gasteiger partial charge in [0.15, 0.2) is 0 Å². The van der Waals surface area contributed by atoms with Gasteiger partial charge in [0, 0.05) is 12.6 Å². The Bertz CT molecular complexity index is 251. The van der Waals surface area contributed by atoms with Crippen molar-refractivity contribution in [2.45, 2.75) is 58.4 Å². The molecule has 2 atom stereocenters. The van der Waals surface area contributed by atoms with Crippen molar-refractivity contribution in [1.29, 1.82) is 0 Å². The van der Waals surface area contributed by atoms with Crippen LogP contribution < -0.4 is 5.32 Å². The van der Waals surface area contributed by atoms with E-state index in [1.54, 1.807) is 0 Å². The maximum atomic E-state index is 3.58. The summed E-state index contributed by atoms with van der Waals surface area (Å²) < 4.78 is 0. The van der Waals surface area contributed by atoms with Gasteiger partial charge in [-0.1, -0.05) is 13.8 Å². The van der Waals surface area contributed by atoms with E-state index in [4.69, 9.17) is 0 Å². The molecule has 2 aliphatic rings. The lowest BCUT2D eigenvalue weighted by atomic mass is 9.97. The van der Waals surface area contributed by atoms with Gasteiger partial charge in [-0.05, 0) is 83.7 Å². The summed E-state index contributed by atoms with van der Waals surface area (Å²) in [5.41, 5.74) is 0. The van der Waals surface area contributed by atoms with Crippen molar-refractivity contribution in [2.24, 2.45) is 5.92 Å². The van der Waals surface area contributed by atoms with Crippen LogP contribution in [-0.2, 0) is 0 Å². The van der Waals surface area contributed by atoms with Crippen molar-refractivity contribution in [1.82, 2.24) is 15.1 Å². The third kappa shape index (κ3) is 5.01. The van der Waals surface area contributed by atoms with Gasteiger partial charge in [-0.15, -0.1) is 0 Å². The molecular formula is C17H35N3. The third-order valence-electron chi connectivity index (χ3n) is 5.16. The molecule has 2 heterocycles. The monoisotopic (exact) mass is 281 g/mol. The van der Waals surface area contributed by atoms with Crippen LogP contribution in [0.3, 0.4) is 0 Å². The summed E-state index contributed by atoms with van der Waals surface area (Å²) in [6.07, 6.45) is 8.29. The highest BCUT2D eigenvalue weighted by molar-refractivity contribution is 4.81. The van der Waals surface area contributed by atoms with Crippen molar-refractivity contribution in [2.75, 3.05) is 45.8 Å². The van der Waals surface area contributed by atoms with Gasteiger partial charge >= 0.3 is 0 Å². The normalized spacial score (nSPS) is 29.6. The van der Waals surface area contributed by atoms with Crippen molar-refractivity contribution in [3.63, 3.8) is 0 Å². The second kappa shape index (κ2) is 9.01. The summed E-state index contributed by atoms with van der Waals surface area (Å²) >= 11 is 0. The number of nitrogens with one attached hydrogen (secondary N) is 1. The largest absolute Gasteiger partial charge is 0.316 e. The first-order valence-corrected chi connectivity index (χ1v) is 9.00. The van der Waals surface area contributed by atoms with Crippen molar-refractivity contribution in [3.8, 4) is 0 Å². The first-order valence-electron chi connectivity index (χ1n) is 9.00. The predicted molar refractivity (Wildman–Crippen MR) is 87.2 cm³/mol. The molecule has 0 aliphatic carbocycles. The van der Waals surface area contributed by atoms with E-state index in [1.807, 2.05) is 0 Å². The van der Waals surface area contributed by atoms with Crippen LogP contribution in [0.1, 0.15) is 52.4 Å². The van der Waals surface area contributed by atoms with Crippen LogP contribution in [0.5, 0.6) is 0 Å². The Morgan fingerprint density at radius 2 is 2.00 bits per heavy atom. The van der Waals surface area contributed by atoms with Gasteiger partial charge in [0.25, 0.3) is 0 Å². The number of hydrogen-bond donors (Lipinski definition) is 1. The summed E-state index contributed by atoms with van der Waals surface area (Å²) in [5, 5.41) is 3.58. The lowest BCUT2D eigenvalue weighted by Gasteiger charge is -2.35. The lowest BCUT2D eigenvalue weighted by Crippen LogP contribution is -2.43. The summed E-state index contributed by atoms with van der Waals surface area (Å²) in [6.45, 7) is 13.6. The van der Waals surface area contributed by atoms with Gasteiger partial charge in [-0.25, -0.2) is 0 Å². The molecular weight excluding hydrogens is 246 g/mol. The van der Waals surface area contributed by atoms with Crippen LogP contribution in [0.2, 0.25) is 0 Å². The molecule has 2 aliphatic heterocycles. The van der Waals surface area contributed by atoms with Crippen LogP contribution in [0.25, 0.3) is 0 Å². The summed E-state index contributed by atoms with van der Waals surface area (Å²) in [7, 11) is 0. The van der Waals surface area contributed by atoms with Gasteiger partial charge < -0.3 is 15.1 Å². The van der Waals surface area contributed by atoms with E-state index in [0.29, 0.717) is 0 Å². The smallest absolute Gasteiger partial charge is 0.0108 e. The standard InChI is InChI=1S/C17H35N3/c1-3-11-20(15-16-7-5-10-18-14-16)17-8-6-12-19(4-2)13-9-17/h16-18H,3-15H2,1-2H3. The quantitative estimate of drug-likeness (QED) is 0.807. The molecule has 0 saturated carbocycles. The average molecular weight is 281 g/mol. The molecule has 0 aromatic heterocycles. The maximum absolute atomic E-state index is 3.58. The Labute approximate surface area is 126 Å². The second-order valence-corrected chi connectivity index (χ2v) is 6.73. The predicted octanol–water partition coefficient (Wildman–Crippen LogP) is 2.57. The van der Waals surface area contributed by atoms with Gasteiger partial charge in [-0.3, -0.25) is 0 Å². The third-order valence-corrected chi connectivity index (χ3v) is 5.16. The Morgan fingerprint density at radius 3 is 2.70 bits per heavy atom. The Kier molecular flexibility index (Phi) is 7.32. The average Bonchev–Trinajstić information content (AvgIpc) is 2.73. The SMILES string of the molecule is CCCN(CC1CCCNC1)C1CCCN(CC)CC1. The van der Waals surface area contributed by atoms with Crippen LogP contribution in [0.4, 0.5) is 0 Å². The first kappa shape index (κ1) is 16.3. The molecule has 0 aromatic rings. The highest BCUT2D eigenvalue weighted by Gasteiger charge is 2.24. The molecule has 0 bridgehead atoms. The fourth-order valence-corrected chi connectivity index (χ4v) is 3.94. The van der Waals surface area contributed by atoms with Crippen molar-refractivity contribution >= 4 is 0 Å². The van der Waals surface area contributed by atoms with E-state index in [1.165, 1.54) is 84.3 Å².